The first-order valence-corrected chi connectivity index (χ1v) is 7.10. The highest BCUT2D eigenvalue weighted by Gasteiger charge is 2.28. The van der Waals surface area contributed by atoms with Crippen molar-refractivity contribution < 1.29 is 23.8 Å². The molecule has 1 aliphatic rings. The Balaban J connectivity index is 2.04. The Kier molecular flexibility index (Phi) is 5.72. The summed E-state index contributed by atoms with van der Waals surface area (Å²) in [4.78, 5) is 16.3. The van der Waals surface area contributed by atoms with Gasteiger partial charge in [-0.3, -0.25) is 4.79 Å². The fraction of sp³-hybridized carbons (Fsp3) is 0.714. The number of carbonyl (C=O) groups excluding carboxylic acids is 1. The van der Waals surface area contributed by atoms with Crippen molar-refractivity contribution in [3.05, 3.63) is 17.3 Å². The third-order valence-corrected chi connectivity index (χ3v) is 3.61. The lowest BCUT2D eigenvalue weighted by Crippen LogP contribution is -2.46. The van der Waals surface area contributed by atoms with Crippen LogP contribution < -0.4 is 5.32 Å². The smallest absolute Gasteiger partial charge is 0.289 e. The van der Waals surface area contributed by atoms with E-state index in [1.54, 1.807) is 14.0 Å². The quantitative estimate of drug-likeness (QED) is 0.801. The summed E-state index contributed by atoms with van der Waals surface area (Å²) in [5.41, 5.74) is 0.465. The third kappa shape index (κ3) is 4.03. The summed E-state index contributed by atoms with van der Waals surface area (Å²) in [6.45, 7) is 3.15. The van der Waals surface area contributed by atoms with Crippen LogP contribution in [0.4, 0.5) is 0 Å². The van der Waals surface area contributed by atoms with Crippen LogP contribution in [0.2, 0.25) is 0 Å². The van der Waals surface area contributed by atoms with E-state index in [9.17, 15) is 4.79 Å². The van der Waals surface area contributed by atoms with Gasteiger partial charge in [-0.2, -0.15) is 0 Å². The fourth-order valence-electron chi connectivity index (χ4n) is 2.52. The minimum atomic E-state index is -0.340. The van der Waals surface area contributed by atoms with E-state index in [0.717, 1.165) is 19.4 Å². The molecule has 1 fully saturated rings. The van der Waals surface area contributed by atoms with E-state index in [2.05, 4.69) is 10.3 Å². The minimum Gasteiger partial charge on any atom is -0.433 e. The van der Waals surface area contributed by atoms with E-state index in [1.807, 2.05) is 0 Å². The average molecular weight is 298 g/mol. The van der Waals surface area contributed by atoms with Gasteiger partial charge >= 0.3 is 0 Å². The molecule has 1 aromatic rings. The molecule has 1 aromatic heterocycles. The summed E-state index contributed by atoms with van der Waals surface area (Å²) in [5.74, 6) is 0.161. The van der Waals surface area contributed by atoms with Crippen LogP contribution in [0.5, 0.6) is 0 Å². The monoisotopic (exact) mass is 298 g/mol. The second kappa shape index (κ2) is 7.53. The number of methoxy groups -OCH3 is 1. The normalized spacial score (nSPS) is 20.2. The molecule has 1 aliphatic heterocycles. The van der Waals surface area contributed by atoms with Crippen molar-refractivity contribution in [3.8, 4) is 0 Å². The van der Waals surface area contributed by atoms with Crippen LogP contribution in [-0.4, -0.2) is 49.0 Å². The zero-order valence-electron chi connectivity index (χ0n) is 12.4. The van der Waals surface area contributed by atoms with E-state index in [1.165, 1.54) is 0 Å². The molecule has 0 aromatic carbocycles. The summed E-state index contributed by atoms with van der Waals surface area (Å²) in [5, 5.41) is 11.9. The van der Waals surface area contributed by atoms with Gasteiger partial charge in [-0.25, -0.2) is 4.98 Å². The Bertz CT molecular complexity index is 468. The summed E-state index contributed by atoms with van der Waals surface area (Å²) >= 11 is 0. The second-order valence-corrected chi connectivity index (χ2v) is 5.19. The SMILES string of the molecule is COCC(NC(=O)c1oc(CO)nc1C)C1CCCOC1. The lowest BCUT2D eigenvalue weighted by atomic mass is 9.94. The Hall–Kier alpha value is -1.44. The summed E-state index contributed by atoms with van der Waals surface area (Å²) in [7, 11) is 1.60. The minimum absolute atomic E-state index is 0.134. The zero-order valence-corrected chi connectivity index (χ0v) is 12.4. The van der Waals surface area contributed by atoms with Gasteiger partial charge < -0.3 is 24.3 Å². The number of amides is 1. The molecular formula is C14H22N2O5. The highest BCUT2D eigenvalue weighted by molar-refractivity contribution is 5.92. The molecule has 0 aliphatic carbocycles. The van der Waals surface area contributed by atoms with Crippen molar-refractivity contribution in [1.82, 2.24) is 10.3 Å². The first-order chi connectivity index (χ1) is 10.2. The molecule has 2 N–H and O–H groups in total. The maximum Gasteiger partial charge on any atom is 0.289 e. The van der Waals surface area contributed by atoms with E-state index >= 15 is 0 Å². The topological polar surface area (TPSA) is 93.8 Å². The van der Waals surface area contributed by atoms with Crippen LogP contribution in [0.1, 0.15) is 35.0 Å². The number of nitrogens with zero attached hydrogens (tertiary/aromatic N) is 1. The van der Waals surface area contributed by atoms with Crippen LogP contribution >= 0.6 is 0 Å². The predicted molar refractivity (Wildman–Crippen MR) is 73.8 cm³/mol. The average Bonchev–Trinajstić information content (AvgIpc) is 2.89. The zero-order chi connectivity index (χ0) is 15.2. The lowest BCUT2D eigenvalue weighted by molar-refractivity contribution is 0.0217. The third-order valence-electron chi connectivity index (χ3n) is 3.61. The van der Waals surface area contributed by atoms with Gasteiger partial charge in [0.25, 0.3) is 5.91 Å². The van der Waals surface area contributed by atoms with Crippen LogP contribution in [0.15, 0.2) is 4.42 Å². The molecule has 7 heteroatoms. The summed E-state index contributed by atoms with van der Waals surface area (Å²) in [6.07, 6.45) is 1.97. The number of aliphatic hydroxyl groups excluding tert-OH is 1. The maximum atomic E-state index is 12.3. The van der Waals surface area contributed by atoms with Crippen LogP contribution in [0, 0.1) is 12.8 Å². The second-order valence-electron chi connectivity index (χ2n) is 5.19. The van der Waals surface area contributed by atoms with Crippen molar-refractivity contribution in [2.24, 2.45) is 5.92 Å². The van der Waals surface area contributed by atoms with E-state index in [4.69, 9.17) is 19.0 Å². The largest absolute Gasteiger partial charge is 0.433 e. The lowest BCUT2D eigenvalue weighted by Gasteiger charge is -2.30. The highest BCUT2D eigenvalue weighted by atomic mass is 16.5. The number of oxazole rings is 1. The van der Waals surface area contributed by atoms with Gasteiger partial charge in [-0.1, -0.05) is 0 Å². The molecule has 0 radical (unpaired) electrons. The van der Waals surface area contributed by atoms with Crippen LogP contribution in [0.3, 0.4) is 0 Å². The highest BCUT2D eigenvalue weighted by Crippen LogP contribution is 2.19. The van der Waals surface area contributed by atoms with Gasteiger partial charge in [0.05, 0.1) is 24.9 Å². The molecule has 2 rings (SSSR count). The molecule has 0 saturated carbocycles. The van der Waals surface area contributed by atoms with Gasteiger partial charge in [0, 0.05) is 19.6 Å². The van der Waals surface area contributed by atoms with Gasteiger partial charge in [0.2, 0.25) is 11.7 Å². The molecule has 2 unspecified atom stereocenters. The van der Waals surface area contributed by atoms with Gasteiger partial charge in [-0.15, -0.1) is 0 Å². The summed E-state index contributed by atoms with van der Waals surface area (Å²) < 4.78 is 15.9. The number of aromatic nitrogens is 1. The molecule has 2 atom stereocenters. The number of aryl methyl sites for hydroxylation is 1. The molecule has 1 amide bonds. The number of nitrogens with one attached hydrogen (secondary N) is 1. The predicted octanol–water partition coefficient (Wildman–Crippen LogP) is 0.647. The Morgan fingerprint density at radius 2 is 2.43 bits per heavy atom. The van der Waals surface area contributed by atoms with E-state index in [-0.39, 0.29) is 36.1 Å². The number of hydrogen-bond acceptors (Lipinski definition) is 6. The molecule has 21 heavy (non-hydrogen) atoms. The van der Waals surface area contributed by atoms with Crippen molar-refractivity contribution in [2.75, 3.05) is 26.9 Å². The number of rotatable bonds is 6. The van der Waals surface area contributed by atoms with Crippen molar-refractivity contribution in [3.63, 3.8) is 0 Å². The molecular weight excluding hydrogens is 276 g/mol. The Morgan fingerprint density at radius 1 is 1.62 bits per heavy atom. The Labute approximate surface area is 123 Å². The van der Waals surface area contributed by atoms with Gasteiger partial charge in [0.15, 0.2) is 0 Å². The molecule has 0 spiro atoms. The first-order valence-electron chi connectivity index (χ1n) is 7.10. The molecule has 2 heterocycles. The van der Waals surface area contributed by atoms with E-state index in [0.29, 0.717) is 18.9 Å². The van der Waals surface area contributed by atoms with Crippen molar-refractivity contribution >= 4 is 5.91 Å². The van der Waals surface area contributed by atoms with E-state index < -0.39 is 0 Å². The summed E-state index contributed by atoms with van der Waals surface area (Å²) in [6, 6.07) is -0.134. The maximum absolute atomic E-state index is 12.3. The fourth-order valence-corrected chi connectivity index (χ4v) is 2.52. The number of carbonyl (C=O) groups is 1. The molecule has 1 saturated heterocycles. The number of aliphatic hydroxyl groups is 1. The molecule has 118 valence electrons. The molecule has 7 nitrogen and oxygen atoms in total. The van der Waals surface area contributed by atoms with Crippen molar-refractivity contribution in [2.45, 2.75) is 32.4 Å². The van der Waals surface area contributed by atoms with Crippen LogP contribution in [-0.2, 0) is 16.1 Å². The number of ether oxygens (including phenoxy) is 2. The first kappa shape index (κ1) is 15.9. The Morgan fingerprint density at radius 3 is 3.00 bits per heavy atom. The standard InChI is InChI=1S/C14H22N2O5/c1-9-13(21-12(6-17)15-9)14(18)16-11(8-19-2)10-4-3-5-20-7-10/h10-11,17H,3-8H2,1-2H3,(H,16,18). The van der Waals surface area contributed by atoms with Crippen LogP contribution in [0.25, 0.3) is 0 Å². The number of hydrogen-bond donors (Lipinski definition) is 2. The van der Waals surface area contributed by atoms with Crippen molar-refractivity contribution in [1.29, 1.82) is 0 Å². The van der Waals surface area contributed by atoms with Gasteiger partial charge in [-0.05, 0) is 19.8 Å². The molecule has 0 bridgehead atoms. The van der Waals surface area contributed by atoms with Gasteiger partial charge in [0.1, 0.15) is 6.61 Å².